The Labute approximate surface area is 153 Å². The first-order valence-corrected chi connectivity index (χ1v) is 9.43. The minimum absolute atomic E-state index is 0.0547. The van der Waals surface area contributed by atoms with Gasteiger partial charge in [0.2, 0.25) is 5.91 Å². The zero-order chi connectivity index (χ0) is 18.6. The first-order chi connectivity index (χ1) is 12.5. The first kappa shape index (κ1) is 18.4. The summed E-state index contributed by atoms with van der Waals surface area (Å²) in [7, 11) is 0. The number of aliphatic carboxylic acids is 1. The number of nitrogens with one attached hydrogen (secondary N) is 2. The normalized spacial score (nSPS) is 19.2. The van der Waals surface area contributed by atoms with Crippen molar-refractivity contribution in [3.8, 4) is 0 Å². The number of rotatable bonds is 6. The lowest BCUT2D eigenvalue weighted by molar-refractivity contribution is -0.150. The molecule has 0 aliphatic heterocycles. The molecule has 140 valence electrons. The molecule has 2 aliphatic rings. The fourth-order valence-electron chi connectivity index (χ4n) is 4.14. The van der Waals surface area contributed by atoms with Crippen molar-refractivity contribution in [1.29, 1.82) is 0 Å². The Morgan fingerprint density at radius 1 is 1.04 bits per heavy atom. The fourth-order valence-corrected chi connectivity index (χ4v) is 4.14. The van der Waals surface area contributed by atoms with Gasteiger partial charge in [0.15, 0.2) is 0 Å². The molecular weight excluding hydrogens is 332 g/mol. The number of carbonyl (C=O) groups is 3. The van der Waals surface area contributed by atoms with E-state index in [0.29, 0.717) is 24.1 Å². The van der Waals surface area contributed by atoms with E-state index in [1.54, 1.807) is 24.3 Å². The van der Waals surface area contributed by atoms with Gasteiger partial charge in [0.05, 0.1) is 16.7 Å². The lowest BCUT2D eigenvalue weighted by Gasteiger charge is -2.23. The van der Waals surface area contributed by atoms with Crippen molar-refractivity contribution in [2.45, 2.75) is 63.8 Å². The Morgan fingerprint density at radius 3 is 2.35 bits per heavy atom. The van der Waals surface area contributed by atoms with Gasteiger partial charge in [0.25, 0.3) is 5.91 Å². The molecule has 3 rings (SSSR count). The summed E-state index contributed by atoms with van der Waals surface area (Å²) in [6, 6.07) is 7.07. The van der Waals surface area contributed by atoms with Gasteiger partial charge in [0, 0.05) is 12.5 Å². The molecule has 0 unspecified atom stereocenters. The number of para-hydroxylation sites is 1. The van der Waals surface area contributed by atoms with E-state index in [0.717, 1.165) is 38.5 Å². The van der Waals surface area contributed by atoms with Crippen LogP contribution in [0, 0.1) is 5.41 Å². The van der Waals surface area contributed by atoms with Crippen molar-refractivity contribution >= 4 is 23.5 Å². The van der Waals surface area contributed by atoms with Gasteiger partial charge in [-0.2, -0.15) is 0 Å². The molecule has 2 amide bonds. The van der Waals surface area contributed by atoms with Crippen molar-refractivity contribution in [3.63, 3.8) is 0 Å². The maximum absolute atomic E-state index is 12.6. The Kier molecular flexibility index (Phi) is 5.59. The molecule has 0 radical (unpaired) electrons. The Morgan fingerprint density at radius 2 is 1.69 bits per heavy atom. The predicted molar refractivity (Wildman–Crippen MR) is 97.9 cm³/mol. The van der Waals surface area contributed by atoms with Crippen molar-refractivity contribution in [2.24, 2.45) is 5.41 Å². The summed E-state index contributed by atoms with van der Waals surface area (Å²) < 4.78 is 0. The van der Waals surface area contributed by atoms with Crippen molar-refractivity contribution in [2.75, 3.05) is 5.32 Å². The molecule has 1 aromatic rings. The van der Waals surface area contributed by atoms with Gasteiger partial charge in [-0.05, 0) is 37.8 Å². The van der Waals surface area contributed by atoms with E-state index in [1.807, 2.05) is 0 Å². The third-order valence-electron chi connectivity index (χ3n) is 5.65. The Bertz CT molecular complexity index is 689. The SMILES string of the molecule is O=C(CC1(C(=O)O)CCCC1)Nc1ccccc1C(=O)NC1CCCC1. The predicted octanol–water partition coefficient (Wildman–Crippen LogP) is 3.33. The number of hydrogen-bond acceptors (Lipinski definition) is 3. The number of carboxylic acids is 1. The highest BCUT2D eigenvalue weighted by Crippen LogP contribution is 2.41. The van der Waals surface area contributed by atoms with Gasteiger partial charge in [-0.15, -0.1) is 0 Å². The summed E-state index contributed by atoms with van der Waals surface area (Å²) >= 11 is 0. The molecule has 2 saturated carbocycles. The average Bonchev–Trinajstić information content (AvgIpc) is 3.28. The van der Waals surface area contributed by atoms with Crippen LogP contribution in [-0.2, 0) is 9.59 Å². The molecule has 0 spiro atoms. The topological polar surface area (TPSA) is 95.5 Å². The quantitative estimate of drug-likeness (QED) is 0.727. The van der Waals surface area contributed by atoms with Crippen LogP contribution in [0.15, 0.2) is 24.3 Å². The summed E-state index contributed by atoms with van der Waals surface area (Å²) in [5, 5.41) is 15.3. The van der Waals surface area contributed by atoms with Crippen LogP contribution in [0.25, 0.3) is 0 Å². The van der Waals surface area contributed by atoms with Crippen LogP contribution in [0.4, 0.5) is 5.69 Å². The molecule has 1 aromatic carbocycles. The largest absolute Gasteiger partial charge is 0.481 e. The maximum Gasteiger partial charge on any atom is 0.310 e. The third kappa shape index (κ3) is 4.06. The van der Waals surface area contributed by atoms with Crippen molar-refractivity contribution < 1.29 is 19.5 Å². The second kappa shape index (κ2) is 7.89. The highest BCUT2D eigenvalue weighted by Gasteiger charge is 2.43. The minimum Gasteiger partial charge on any atom is -0.481 e. The fraction of sp³-hybridized carbons (Fsp3) is 0.550. The van der Waals surface area contributed by atoms with E-state index in [4.69, 9.17) is 0 Å². The van der Waals surface area contributed by atoms with E-state index < -0.39 is 11.4 Å². The number of carbonyl (C=O) groups excluding carboxylic acids is 2. The molecule has 0 aromatic heterocycles. The van der Waals surface area contributed by atoms with Crippen molar-refractivity contribution in [1.82, 2.24) is 5.32 Å². The van der Waals surface area contributed by atoms with Gasteiger partial charge in [-0.25, -0.2) is 0 Å². The molecular formula is C20H26N2O4. The number of amides is 2. The van der Waals surface area contributed by atoms with Crippen LogP contribution >= 0.6 is 0 Å². The summed E-state index contributed by atoms with van der Waals surface area (Å²) in [6.45, 7) is 0. The standard InChI is InChI=1S/C20H26N2O4/c23-17(13-20(19(25)26)11-5-6-12-20)22-16-10-4-3-9-15(16)18(24)21-14-7-1-2-8-14/h3-4,9-10,14H,1-2,5-8,11-13H2,(H,21,24)(H,22,23)(H,25,26). The van der Waals surface area contributed by atoms with Crippen LogP contribution in [0.2, 0.25) is 0 Å². The van der Waals surface area contributed by atoms with Gasteiger partial charge in [-0.3, -0.25) is 14.4 Å². The van der Waals surface area contributed by atoms with E-state index in [1.165, 1.54) is 0 Å². The van der Waals surface area contributed by atoms with Gasteiger partial charge in [0.1, 0.15) is 0 Å². The summed E-state index contributed by atoms with van der Waals surface area (Å²) in [6.07, 6.45) is 6.89. The number of benzene rings is 1. The number of carboxylic acid groups (broad SMARTS) is 1. The van der Waals surface area contributed by atoms with Crippen LogP contribution in [0.5, 0.6) is 0 Å². The van der Waals surface area contributed by atoms with E-state index in [-0.39, 0.29) is 24.3 Å². The van der Waals surface area contributed by atoms with Crippen LogP contribution in [-0.4, -0.2) is 28.9 Å². The Hall–Kier alpha value is -2.37. The molecule has 2 fully saturated rings. The highest BCUT2D eigenvalue weighted by atomic mass is 16.4. The number of hydrogen-bond donors (Lipinski definition) is 3. The Balaban J connectivity index is 1.68. The van der Waals surface area contributed by atoms with Gasteiger partial charge < -0.3 is 15.7 Å². The van der Waals surface area contributed by atoms with Gasteiger partial charge in [-0.1, -0.05) is 37.8 Å². The summed E-state index contributed by atoms with van der Waals surface area (Å²) in [5.74, 6) is -1.45. The van der Waals surface area contributed by atoms with Crippen molar-refractivity contribution in [3.05, 3.63) is 29.8 Å². The van der Waals surface area contributed by atoms with Crippen LogP contribution in [0.3, 0.4) is 0 Å². The number of anilines is 1. The molecule has 6 heteroatoms. The molecule has 0 atom stereocenters. The molecule has 6 nitrogen and oxygen atoms in total. The second-order valence-electron chi connectivity index (χ2n) is 7.52. The lowest BCUT2D eigenvalue weighted by Crippen LogP contribution is -2.34. The smallest absolute Gasteiger partial charge is 0.310 e. The molecule has 0 bridgehead atoms. The highest BCUT2D eigenvalue weighted by molar-refractivity contribution is 6.04. The van der Waals surface area contributed by atoms with E-state index in [9.17, 15) is 19.5 Å². The average molecular weight is 358 g/mol. The monoisotopic (exact) mass is 358 g/mol. The van der Waals surface area contributed by atoms with E-state index >= 15 is 0 Å². The molecule has 26 heavy (non-hydrogen) atoms. The summed E-state index contributed by atoms with van der Waals surface area (Å²) in [5.41, 5.74) is -0.111. The maximum atomic E-state index is 12.6. The zero-order valence-corrected chi connectivity index (χ0v) is 14.9. The van der Waals surface area contributed by atoms with Gasteiger partial charge >= 0.3 is 5.97 Å². The minimum atomic E-state index is -0.967. The van der Waals surface area contributed by atoms with Crippen LogP contribution in [0.1, 0.15) is 68.1 Å². The van der Waals surface area contributed by atoms with Crippen LogP contribution < -0.4 is 10.6 Å². The second-order valence-corrected chi connectivity index (χ2v) is 7.52. The first-order valence-electron chi connectivity index (χ1n) is 9.43. The summed E-state index contributed by atoms with van der Waals surface area (Å²) in [4.78, 5) is 36.7. The molecule has 3 N–H and O–H groups in total. The zero-order valence-electron chi connectivity index (χ0n) is 14.9. The molecule has 0 saturated heterocycles. The lowest BCUT2D eigenvalue weighted by atomic mass is 9.82. The molecule has 2 aliphatic carbocycles. The van der Waals surface area contributed by atoms with E-state index in [2.05, 4.69) is 10.6 Å². The third-order valence-corrected chi connectivity index (χ3v) is 5.65. The molecule has 0 heterocycles.